The van der Waals surface area contributed by atoms with E-state index in [1.807, 2.05) is 0 Å². The van der Waals surface area contributed by atoms with Crippen molar-refractivity contribution in [2.75, 3.05) is 19.0 Å². The van der Waals surface area contributed by atoms with Crippen molar-refractivity contribution < 1.29 is 19.4 Å². The molecular formula is C13H18N2O4. The van der Waals surface area contributed by atoms with Crippen molar-refractivity contribution in [3.8, 4) is 0 Å². The Morgan fingerprint density at radius 2 is 2.16 bits per heavy atom. The summed E-state index contributed by atoms with van der Waals surface area (Å²) < 4.78 is 4.85. The van der Waals surface area contributed by atoms with Gasteiger partial charge in [0.05, 0.1) is 11.6 Å². The third kappa shape index (κ3) is 4.35. The van der Waals surface area contributed by atoms with Crippen LogP contribution in [0.4, 0.5) is 5.69 Å². The Bertz CT molecular complexity index is 474. The van der Waals surface area contributed by atoms with E-state index in [9.17, 15) is 9.59 Å². The average molecular weight is 266 g/mol. The Morgan fingerprint density at radius 1 is 1.47 bits per heavy atom. The lowest BCUT2D eigenvalue weighted by molar-refractivity contribution is -0.117. The molecule has 0 saturated carbocycles. The number of nitrogens with two attached hydrogens (primary N) is 1. The summed E-state index contributed by atoms with van der Waals surface area (Å²) in [4.78, 5) is 22.6. The molecule has 0 bridgehead atoms. The second-order valence-electron chi connectivity index (χ2n) is 4.21. The molecule has 4 N–H and O–H groups in total. The van der Waals surface area contributed by atoms with E-state index in [0.717, 1.165) is 0 Å². The van der Waals surface area contributed by atoms with Gasteiger partial charge in [-0.05, 0) is 37.1 Å². The van der Waals surface area contributed by atoms with Gasteiger partial charge in [-0.2, -0.15) is 0 Å². The van der Waals surface area contributed by atoms with Crippen LogP contribution in [0.15, 0.2) is 18.2 Å². The van der Waals surface area contributed by atoms with Crippen LogP contribution in [0.3, 0.4) is 0 Å². The van der Waals surface area contributed by atoms with Crippen LogP contribution in [-0.2, 0) is 9.53 Å². The predicted molar refractivity (Wildman–Crippen MR) is 71.2 cm³/mol. The molecule has 1 aromatic rings. The molecule has 1 amide bonds. The number of carbonyl (C=O) groups excluding carboxylic acids is 1. The number of nitrogens with one attached hydrogen (secondary N) is 1. The summed E-state index contributed by atoms with van der Waals surface area (Å²) in [5.74, 6) is -1.31. The van der Waals surface area contributed by atoms with Crippen LogP contribution >= 0.6 is 0 Å². The molecule has 0 heterocycles. The molecule has 0 spiro atoms. The maximum Gasteiger partial charge on any atom is 0.335 e. The maximum absolute atomic E-state index is 11.7. The average Bonchev–Trinajstić information content (AvgIpc) is 2.35. The summed E-state index contributed by atoms with van der Waals surface area (Å²) in [5.41, 5.74) is 7.00. The fourth-order valence-electron chi connectivity index (χ4n) is 1.59. The first-order valence-electron chi connectivity index (χ1n) is 5.85. The van der Waals surface area contributed by atoms with Gasteiger partial charge < -0.3 is 20.9 Å². The van der Waals surface area contributed by atoms with Crippen molar-refractivity contribution in [1.29, 1.82) is 0 Å². The fraction of sp³-hybridized carbons (Fsp3) is 0.385. The van der Waals surface area contributed by atoms with E-state index >= 15 is 0 Å². The standard InChI is InChI=1S/C13H18N2O4/c1-8-7-9(3-4-10(8)13(17)18)15-12(16)11(14)5-6-19-2/h3-4,7,11H,5-6,14H2,1-2H3,(H,15,16)(H,17,18). The zero-order chi connectivity index (χ0) is 14.4. The highest BCUT2D eigenvalue weighted by Crippen LogP contribution is 2.15. The monoisotopic (exact) mass is 266 g/mol. The minimum atomic E-state index is -0.993. The Kier molecular flexibility index (Phi) is 5.47. The summed E-state index contributed by atoms with van der Waals surface area (Å²) in [7, 11) is 1.54. The minimum Gasteiger partial charge on any atom is -0.478 e. The molecule has 0 aliphatic rings. The van der Waals surface area contributed by atoms with Crippen LogP contribution in [0.5, 0.6) is 0 Å². The van der Waals surface area contributed by atoms with Gasteiger partial charge in [-0.3, -0.25) is 4.79 Å². The molecule has 1 rings (SSSR count). The number of hydrogen-bond acceptors (Lipinski definition) is 4. The molecule has 6 heteroatoms. The molecule has 1 aromatic carbocycles. The highest BCUT2D eigenvalue weighted by Gasteiger charge is 2.14. The van der Waals surface area contributed by atoms with Crippen LogP contribution in [0, 0.1) is 6.92 Å². The van der Waals surface area contributed by atoms with Gasteiger partial charge in [0.25, 0.3) is 0 Å². The van der Waals surface area contributed by atoms with Gasteiger partial charge in [0.1, 0.15) is 0 Å². The van der Waals surface area contributed by atoms with Gasteiger partial charge in [0.15, 0.2) is 0 Å². The van der Waals surface area contributed by atoms with Crippen LogP contribution < -0.4 is 11.1 Å². The Balaban J connectivity index is 2.70. The highest BCUT2D eigenvalue weighted by atomic mass is 16.5. The zero-order valence-corrected chi connectivity index (χ0v) is 11.0. The molecule has 0 aliphatic carbocycles. The van der Waals surface area contributed by atoms with Gasteiger partial charge in [-0.25, -0.2) is 4.79 Å². The third-order valence-electron chi connectivity index (χ3n) is 2.69. The molecule has 0 radical (unpaired) electrons. The Morgan fingerprint density at radius 3 is 2.68 bits per heavy atom. The zero-order valence-electron chi connectivity index (χ0n) is 11.0. The second kappa shape index (κ2) is 6.86. The first-order chi connectivity index (χ1) is 8.95. The van der Waals surface area contributed by atoms with Gasteiger partial charge in [-0.15, -0.1) is 0 Å². The maximum atomic E-state index is 11.7. The molecular weight excluding hydrogens is 248 g/mol. The van der Waals surface area contributed by atoms with E-state index in [2.05, 4.69) is 5.32 Å². The number of aromatic carboxylic acids is 1. The number of carboxylic acids is 1. The second-order valence-corrected chi connectivity index (χ2v) is 4.21. The summed E-state index contributed by atoms with van der Waals surface area (Å²) in [5, 5.41) is 11.5. The van der Waals surface area contributed by atoms with E-state index in [1.54, 1.807) is 20.1 Å². The number of amides is 1. The number of carbonyl (C=O) groups is 2. The fourth-order valence-corrected chi connectivity index (χ4v) is 1.59. The number of aryl methyl sites for hydroxylation is 1. The molecule has 1 unspecified atom stereocenters. The summed E-state index contributed by atoms with van der Waals surface area (Å²) >= 11 is 0. The number of benzene rings is 1. The lowest BCUT2D eigenvalue weighted by Gasteiger charge is -2.12. The topological polar surface area (TPSA) is 102 Å². The molecule has 1 atom stereocenters. The molecule has 19 heavy (non-hydrogen) atoms. The number of methoxy groups -OCH3 is 1. The summed E-state index contributed by atoms with van der Waals surface area (Å²) in [6, 6.07) is 3.94. The van der Waals surface area contributed by atoms with Gasteiger partial charge >= 0.3 is 5.97 Å². The van der Waals surface area contributed by atoms with Crippen LogP contribution in [0.25, 0.3) is 0 Å². The van der Waals surface area contributed by atoms with Crippen molar-refractivity contribution in [2.45, 2.75) is 19.4 Å². The van der Waals surface area contributed by atoms with Crippen LogP contribution in [0.1, 0.15) is 22.3 Å². The van der Waals surface area contributed by atoms with E-state index in [4.69, 9.17) is 15.6 Å². The highest BCUT2D eigenvalue weighted by molar-refractivity contribution is 5.96. The molecule has 0 saturated heterocycles. The lowest BCUT2D eigenvalue weighted by Crippen LogP contribution is -2.36. The first kappa shape index (κ1) is 15.1. The number of hydrogen-bond donors (Lipinski definition) is 3. The molecule has 0 aromatic heterocycles. The third-order valence-corrected chi connectivity index (χ3v) is 2.69. The number of rotatable bonds is 6. The van der Waals surface area contributed by atoms with Gasteiger partial charge in [0.2, 0.25) is 5.91 Å². The van der Waals surface area contributed by atoms with Crippen molar-refractivity contribution >= 4 is 17.6 Å². The largest absolute Gasteiger partial charge is 0.478 e. The van der Waals surface area contributed by atoms with Crippen LogP contribution in [-0.4, -0.2) is 36.7 Å². The van der Waals surface area contributed by atoms with Crippen molar-refractivity contribution in [2.24, 2.45) is 5.73 Å². The van der Waals surface area contributed by atoms with Crippen molar-refractivity contribution in [3.63, 3.8) is 0 Å². The van der Waals surface area contributed by atoms with Crippen molar-refractivity contribution in [3.05, 3.63) is 29.3 Å². The Hall–Kier alpha value is -1.92. The molecule has 0 fully saturated rings. The minimum absolute atomic E-state index is 0.210. The number of anilines is 1. The van der Waals surface area contributed by atoms with E-state index in [1.165, 1.54) is 12.1 Å². The molecule has 104 valence electrons. The number of carboxylic acid groups (broad SMARTS) is 1. The van der Waals surface area contributed by atoms with E-state index in [0.29, 0.717) is 24.3 Å². The van der Waals surface area contributed by atoms with Gasteiger partial charge in [0, 0.05) is 19.4 Å². The summed E-state index contributed by atoms with van der Waals surface area (Å²) in [6.45, 7) is 2.08. The van der Waals surface area contributed by atoms with E-state index < -0.39 is 12.0 Å². The smallest absolute Gasteiger partial charge is 0.335 e. The van der Waals surface area contributed by atoms with Crippen LogP contribution in [0.2, 0.25) is 0 Å². The molecule has 6 nitrogen and oxygen atoms in total. The number of ether oxygens (including phenoxy) is 1. The quantitative estimate of drug-likeness (QED) is 0.712. The van der Waals surface area contributed by atoms with Crippen molar-refractivity contribution in [1.82, 2.24) is 0 Å². The molecule has 0 aliphatic heterocycles. The van der Waals surface area contributed by atoms with Gasteiger partial charge in [-0.1, -0.05) is 0 Å². The van der Waals surface area contributed by atoms with E-state index in [-0.39, 0.29) is 11.5 Å². The lowest BCUT2D eigenvalue weighted by atomic mass is 10.1. The summed E-state index contributed by atoms with van der Waals surface area (Å²) in [6.07, 6.45) is 0.425. The SMILES string of the molecule is COCCC(N)C(=O)Nc1ccc(C(=O)O)c(C)c1. The normalized spacial score (nSPS) is 11.9. The predicted octanol–water partition coefficient (Wildman–Crippen LogP) is 0.996. The first-order valence-corrected chi connectivity index (χ1v) is 5.85. The Labute approximate surface area is 111 Å².